The fourth-order valence-corrected chi connectivity index (χ4v) is 16.1. The topological polar surface area (TPSA) is 183 Å². The van der Waals surface area contributed by atoms with Gasteiger partial charge in [-0.15, -0.1) is 0 Å². The van der Waals surface area contributed by atoms with E-state index in [1.54, 1.807) is 62.8 Å². The van der Waals surface area contributed by atoms with Crippen molar-refractivity contribution in [2.75, 3.05) is 42.7 Å². The molecule has 0 amide bonds. The lowest BCUT2D eigenvalue weighted by molar-refractivity contribution is -0.142. The molecule has 16 heteroatoms. The number of ether oxygens (including phenoxy) is 8. The summed E-state index contributed by atoms with van der Waals surface area (Å²) in [4.78, 5) is 46.1. The average molecular weight is 1440 g/mol. The average Bonchev–Trinajstić information content (AvgIpc) is 1.37. The van der Waals surface area contributed by atoms with Gasteiger partial charge in [-0.3, -0.25) is 19.2 Å². The van der Waals surface area contributed by atoms with Gasteiger partial charge in [0.05, 0.1) is 68.3 Å². The van der Waals surface area contributed by atoms with Crippen LogP contribution in [0.25, 0.3) is 33.4 Å². The van der Waals surface area contributed by atoms with Crippen molar-refractivity contribution in [3.63, 3.8) is 0 Å². The van der Waals surface area contributed by atoms with E-state index >= 15 is 8.78 Å². The predicted molar refractivity (Wildman–Crippen MR) is 407 cm³/mol. The van der Waals surface area contributed by atoms with E-state index in [1.165, 1.54) is 85.1 Å². The van der Waals surface area contributed by atoms with Crippen LogP contribution in [0.1, 0.15) is 195 Å². The number of rotatable bonds is 20. The second kappa shape index (κ2) is 34.3. The molecule has 6 aliphatic rings. The van der Waals surface area contributed by atoms with Crippen molar-refractivity contribution in [1.82, 2.24) is 0 Å². The number of methoxy groups -OCH3 is 6. The lowest BCUT2D eigenvalue weighted by atomic mass is 9.79. The summed E-state index contributed by atoms with van der Waals surface area (Å²) in [6.07, 6.45) is 18.0. The molecule has 0 radical (unpaired) electrons. The van der Waals surface area contributed by atoms with Crippen molar-refractivity contribution in [1.29, 1.82) is 0 Å². The Balaban J connectivity index is 0.000000153. The number of hydrogen-bond donors (Lipinski definition) is 2. The van der Waals surface area contributed by atoms with E-state index in [-0.39, 0.29) is 81.5 Å². The molecule has 0 aliphatic heterocycles. The largest absolute Gasteiger partial charge is 0.508 e. The molecular weight excluding hydrogens is 1340 g/mol. The monoisotopic (exact) mass is 1440 g/mol. The molecule has 0 saturated heterocycles. The molecular formula is C90H98F2O14. The Morgan fingerprint density at radius 3 is 1.01 bits per heavy atom. The molecule has 0 spiro atoms. The lowest BCUT2D eigenvalue weighted by Gasteiger charge is -2.25. The van der Waals surface area contributed by atoms with Gasteiger partial charge in [-0.1, -0.05) is 88.4 Å². The number of carbonyl (C=O) groups is 4. The van der Waals surface area contributed by atoms with E-state index in [2.05, 4.69) is 85.7 Å². The van der Waals surface area contributed by atoms with Gasteiger partial charge in [0.1, 0.15) is 59.3 Å². The summed E-state index contributed by atoms with van der Waals surface area (Å²) in [5.41, 5.74) is 18.9. The molecule has 0 heterocycles. The Bertz CT molecular complexity index is 4310. The highest BCUT2D eigenvalue weighted by atomic mass is 19.1. The zero-order valence-corrected chi connectivity index (χ0v) is 62.6. The molecule has 106 heavy (non-hydrogen) atoms. The van der Waals surface area contributed by atoms with Gasteiger partial charge in [0.15, 0.2) is 0 Å². The minimum atomic E-state index is -0.271. The van der Waals surface area contributed by atoms with Crippen LogP contribution in [0.4, 0.5) is 8.78 Å². The minimum absolute atomic E-state index is 0.00178. The Kier molecular flexibility index (Phi) is 24.9. The van der Waals surface area contributed by atoms with Gasteiger partial charge in [0, 0.05) is 11.1 Å². The second-order valence-corrected chi connectivity index (χ2v) is 29.7. The normalized spacial score (nSPS) is 17.9. The summed E-state index contributed by atoms with van der Waals surface area (Å²) in [7, 11) is 8.86. The lowest BCUT2D eigenvalue weighted by Crippen LogP contribution is -2.10. The number of aromatic hydroxyl groups is 2. The minimum Gasteiger partial charge on any atom is -0.508 e. The number of esters is 4. The second-order valence-electron chi connectivity index (χ2n) is 29.7. The molecule has 2 N–H and O–H groups in total. The zero-order chi connectivity index (χ0) is 75.4. The molecule has 8 aromatic carbocycles. The first kappa shape index (κ1) is 76.9. The zero-order valence-electron chi connectivity index (χ0n) is 62.6. The van der Waals surface area contributed by atoms with Crippen LogP contribution in [-0.2, 0) is 77.0 Å². The van der Waals surface area contributed by atoms with Crippen molar-refractivity contribution in [2.45, 2.75) is 167 Å². The summed E-state index contributed by atoms with van der Waals surface area (Å²) < 4.78 is 72.4. The third kappa shape index (κ3) is 18.3. The maximum atomic E-state index is 15.0. The number of allylic oxidation sites excluding steroid dienone is 4. The van der Waals surface area contributed by atoms with Crippen LogP contribution in [-0.4, -0.2) is 76.7 Å². The van der Waals surface area contributed by atoms with Gasteiger partial charge in [0.2, 0.25) is 0 Å². The van der Waals surface area contributed by atoms with Gasteiger partial charge < -0.3 is 48.1 Å². The number of hydrogen-bond acceptors (Lipinski definition) is 14. The van der Waals surface area contributed by atoms with Crippen LogP contribution in [0.15, 0.2) is 158 Å². The van der Waals surface area contributed by atoms with Gasteiger partial charge in [-0.05, 0) is 298 Å². The third-order valence-electron chi connectivity index (χ3n) is 22.0. The molecule has 0 bridgehead atoms. The number of fused-ring (bicyclic) bond motifs is 4. The Hall–Kier alpha value is -10.2. The smallest absolute Gasteiger partial charge is 0.306 e. The van der Waals surface area contributed by atoms with E-state index in [1.807, 2.05) is 48.5 Å². The van der Waals surface area contributed by atoms with E-state index in [4.69, 9.17) is 28.4 Å². The number of phenols is 2. The summed E-state index contributed by atoms with van der Waals surface area (Å²) in [5, 5.41) is 18.8. The van der Waals surface area contributed by atoms with Crippen LogP contribution in [0.2, 0.25) is 0 Å². The van der Waals surface area contributed by atoms with Gasteiger partial charge in [-0.25, -0.2) is 8.78 Å². The van der Waals surface area contributed by atoms with E-state index in [0.29, 0.717) is 61.5 Å². The van der Waals surface area contributed by atoms with Crippen LogP contribution in [0.3, 0.4) is 0 Å². The first-order chi connectivity index (χ1) is 51.0. The third-order valence-corrected chi connectivity index (χ3v) is 22.0. The molecule has 0 fully saturated rings. The number of phenolic OH excluding ortho intramolecular Hbond substituents is 2. The quantitative estimate of drug-likeness (QED) is 0.0543. The van der Waals surface area contributed by atoms with Crippen molar-refractivity contribution in [3.05, 3.63) is 236 Å². The van der Waals surface area contributed by atoms with Gasteiger partial charge in [0.25, 0.3) is 0 Å². The molecule has 0 unspecified atom stereocenters. The molecule has 8 aromatic rings. The number of carbonyl (C=O) groups excluding carboxylic acids is 4. The SMILES string of the molecule is COC(=O)C[C@@H]1CCc2ccc(O)cc21.COC(=O)C[C@@H]1CCc2ccc(OCc3ccc(-c4cc(OC)ccc4F)c(C4=CCCC4(C)C)c3)cc21.COC(=O)C[C@H]1CCc2ccc(O)cc21.COC(=O)C[C@H]1CCc2ccc(OCc3ccc(-c4cc(OC)ccc4F)c(C4=CCCC4(C)C)c3)cc21. The van der Waals surface area contributed by atoms with Crippen molar-refractivity contribution in [3.8, 4) is 56.8 Å². The predicted octanol–water partition coefficient (Wildman–Crippen LogP) is 19.7. The van der Waals surface area contributed by atoms with E-state index in [0.717, 1.165) is 133 Å². The van der Waals surface area contributed by atoms with Crippen LogP contribution < -0.4 is 18.9 Å². The Labute approximate surface area is 621 Å². The highest BCUT2D eigenvalue weighted by Gasteiger charge is 2.34. The fourth-order valence-electron chi connectivity index (χ4n) is 16.1. The molecule has 0 saturated carbocycles. The highest BCUT2D eigenvalue weighted by Crippen LogP contribution is 2.50. The van der Waals surface area contributed by atoms with Crippen molar-refractivity contribution >= 4 is 35.0 Å². The van der Waals surface area contributed by atoms with E-state index in [9.17, 15) is 29.4 Å². The maximum Gasteiger partial charge on any atom is 0.306 e. The fraction of sp³-hybridized carbons (Fsp3) is 0.378. The Morgan fingerprint density at radius 1 is 0.377 bits per heavy atom. The number of halogens is 2. The first-order valence-electron chi connectivity index (χ1n) is 36.8. The van der Waals surface area contributed by atoms with Crippen molar-refractivity contribution < 1.29 is 76.1 Å². The molecule has 556 valence electrons. The van der Waals surface area contributed by atoms with Crippen LogP contribution in [0.5, 0.6) is 34.5 Å². The molecule has 14 rings (SSSR count). The summed E-state index contributed by atoms with van der Waals surface area (Å²) in [6, 6.07) is 45.2. The highest BCUT2D eigenvalue weighted by molar-refractivity contribution is 5.87. The standard InChI is InChI=1S/2C33H35FO4.2C12H14O3/c2*1-33(2)15-5-6-30(33)28-16-21(7-13-26(28)29-18-24(36-3)12-14-31(29)34)20-38-25-11-10-22-8-9-23(27(22)19-25)17-32(35)37-4;2*1-15-12(14)6-9-3-2-8-4-5-10(13)7-11(8)9/h2*6-7,10-14,16,18-19,23H,5,8-9,15,17,20H2,1-4H3;2*4-5,7,9,13H,2-3,6H2,1H3/t2*23-;2*9-/m1010/s1. The molecule has 6 aliphatic carbocycles. The maximum absolute atomic E-state index is 15.0. The number of benzene rings is 8. The summed E-state index contributed by atoms with van der Waals surface area (Å²) in [5.74, 6) is 2.83. The van der Waals surface area contributed by atoms with E-state index < -0.39 is 0 Å². The van der Waals surface area contributed by atoms with Crippen molar-refractivity contribution in [2.24, 2.45) is 10.8 Å². The van der Waals surface area contributed by atoms with Gasteiger partial charge in [-0.2, -0.15) is 0 Å². The number of aryl methyl sites for hydroxylation is 4. The van der Waals surface area contributed by atoms with Crippen LogP contribution >= 0.6 is 0 Å². The summed E-state index contributed by atoms with van der Waals surface area (Å²) >= 11 is 0. The Morgan fingerprint density at radius 2 is 0.698 bits per heavy atom. The molecule has 4 atom stereocenters. The molecule has 0 aromatic heterocycles. The molecule has 14 nitrogen and oxygen atoms in total. The summed E-state index contributed by atoms with van der Waals surface area (Å²) in [6.45, 7) is 9.77. The van der Waals surface area contributed by atoms with Crippen LogP contribution in [0, 0.1) is 22.5 Å². The first-order valence-corrected chi connectivity index (χ1v) is 36.8. The van der Waals surface area contributed by atoms with Gasteiger partial charge >= 0.3 is 23.9 Å².